The summed E-state index contributed by atoms with van der Waals surface area (Å²) in [5, 5.41) is 0. The summed E-state index contributed by atoms with van der Waals surface area (Å²) in [6.45, 7) is 4.24. The van der Waals surface area contributed by atoms with E-state index in [1.807, 2.05) is 6.92 Å². The van der Waals surface area contributed by atoms with Crippen LogP contribution in [-0.4, -0.2) is 12.1 Å². The lowest BCUT2D eigenvalue weighted by Gasteiger charge is -2.14. The second kappa shape index (κ2) is 9.47. The van der Waals surface area contributed by atoms with E-state index in [1.165, 1.54) is 44.9 Å². The molecule has 0 rings (SSSR count). The van der Waals surface area contributed by atoms with Crippen LogP contribution < -0.4 is 11.5 Å². The van der Waals surface area contributed by atoms with Gasteiger partial charge in [-0.05, 0) is 13.3 Å². The molecule has 0 fully saturated rings. The zero-order valence-corrected chi connectivity index (χ0v) is 9.97. The first kappa shape index (κ1) is 13.9. The first-order chi connectivity index (χ1) is 6.68. The molecular formula is C12H28N2. The van der Waals surface area contributed by atoms with Crippen molar-refractivity contribution in [1.29, 1.82) is 0 Å². The van der Waals surface area contributed by atoms with Crippen molar-refractivity contribution in [3.05, 3.63) is 0 Å². The molecule has 2 heteroatoms. The van der Waals surface area contributed by atoms with Gasteiger partial charge in [0.1, 0.15) is 0 Å². The Morgan fingerprint density at radius 2 is 1.36 bits per heavy atom. The van der Waals surface area contributed by atoms with Crippen LogP contribution in [0.3, 0.4) is 0 Å². The van der Waals surface area contributed by atoms with Crippen LogP contribution in [0.5, 0.6) is 0 Å². The monoisotopic (exact) mass is 200 g/mol. The largest absolute Gasteiger partial charge is 0.327 e. The molecule has 0 saturated heterocycles. The summed E-state index contributed by atoms with van der Waals surface area (Å²) in [5.41, 5.74) is 11.5. The molecule has 0 aromatic carbocycles. The van der Waals surface area contributed by atoms with E-state index in [0.29, 0.717) is 0 Å². The number of unbranched alkanes of at least 4 members (excludes halogenated alkanes) is 6. The zero-order valence-electron chi connectivity index (χ0n) is 9.97. The summed E-state index contributed by atoms with van der Waals surface area (Å²) < 4.78 is 0. The van der Waals surface area contributed by atoms with Crippen LogP contribution in [0.15, 0.2) is 0 Å². The van der Waals surface area contributed by atoms with Crippen molar-refractivity contribution in [3.63, 3.8) is 0 Å². The van der Waals surface area contributed by atoms with E-state index >= 15 is 0 Å². The van der Waals surface area contributed by atoms with E-state index in [4.69, 9.17) is 11.5 Å². The van der Waals surface area contributed by atoms with Crippen molar-refractivity contribution in [2.75, 3.05) is 0 Å². The maximum Gasteiger partial charge on any atom is 0.0189 e. The zero-order chi connectivity index (χ0) is 10.8. The van der Waals surface area contributed by atoms with Crippen LogP contribution >= 0.6 is 0 Å². The summed E-state index contributed by atoms with van der Waals surface area (Å²) >= 11 is 0. The van der Waals surface area contributed by atoms with Gasteiger partial charge in [-0.1, -0.05) is 51.9 Å². The molecule has 0 aromatic heterocycles. The van der Waals surface area contributed by atoms with Crippen LogP contribution in [0.25, 0.3) is 0 Å². The maximum absolute atomic E-state index is 5.85. The molecule has 2 unspecified atom stereocenters. The third kappa shape index (κ3) is 8.52. The van der Waals surface area contributed by atoms with E-state index in [9.17, 15) is 0 Å². The van der Waals surface area contributed by atoms with E-state index in [2.05, 4.69) is 6.92 Å². The topological polar surface area (TPSA) is 52.0 Å². The highest BCUT2D eigenvalue weighted by atomic mass is 14.8. The summed E-state index contributed by atoms with van der Waals surface area (Å²) in [6.07, 6.45) is 10.5. The molecule has 0 aliphatic rings. The molecule has 0 bridgehead atoms. The minimum Gasteiger partial charge on any atom is -0.327 e. The average molecular weight is 200 g/mol. The van der Waals surface area contributed by atoms with Gasteiger partial charge in [-0.25, -0.2) is 0 Å². The van der Waals surface area contributed by atoms with Crippen molar-refractivity contribution in [2.24, 2.45) is 11.5 Å². The maximum atomic E-state index is 5.85. The van der Waals surface area contributed by atoms with Crippen molar-refractivity contribution in [2.45, 2.75) is 77.3 Å². The van der Waals surface area contributed by atoms with Gasteiger partial charge in [0.05, 0.1) is 0 Å². The Morgan fingerprint density at radius 3 is 1.86 bits per heavy atom. The van der Waals surface area contributed by atoms with Crippen LogP contribution in [0, 0.1) is 0 Å². The van der Waals surface area contributed by atoms with Crippen molar-refractivity contribution >= 4 is 0 Å². The van der Waals surface area contributed by atoms with Crippen LogP contribution in [0.1, 0.15) is 65.2 Å². The Labute approximate surface area is 89.4 Å². The summed E-state index contributed by atoms with van der Waals surface area (Å²) in [6, 6.07) is 0.348. The molecule has 0 heterocycles. The van der Waals surface area contributed by atoms with E-state index in [1.54, 1.807) is 0 Å². The van der Waals surface area contributed by atoms with Crippen LogP contribution in [-0.2, 0) is 0 Å². The van der Waals surface area contributed by atoms with Gasteiger partial charge in [0.15, 0.2) is 0 Å². The molecule has 0 aliphatic carbocycles. The Balaban J connectivity index is 3.06. The van der Waals surface area contributed by atoms with Gasteiger partial charge in [0.25, 0.3) is 0 Å². The molecule has 2 nitrogen and oxygen atoms in total. The average Bonchev–Trinajstić information content (AvgIpc) is 2.16. The van der Waals surface area contributed by atoms with Gasteiger partial charge < -0.3 is 11.5 Å². The second-order valence-electron chi connectivity index (χ2n) is 4.43. The Morgan fingerprint density at radius 1 is 0.857 bits per heavy atom. The highest BCUT2D eigenvalue weighted by Gasteiger charge is 2.06. The molecule has 0 radical (unpaired) electrons. The third-order valence-corrected chi connectivity index (χ3v) is 2.82. The molecule has 86 valence electrons. The van der Waals surface area contributed by atoms with Gasteiger partial charge >= 0.3 is 0 Å². The Kier molecular flexibility index (Phi) is 9.42. The normalized spacial score (nSPS) is 15.4. The molecular weight excluding hydrogens is 172 g/mol. The fraction of sp³-hybridized carbons (Fsp3) is 1.00. The molecule has 14 heavy (non-hydrogen) atoms. The minimum absolute atomic E-state index is 0.148. The highest BCUT2D eigenvalue weighted by molar-refractivity contribution is 4.70. The molecule has 4 N–H and O–H groups in total. The summed E-state index contributed by atoms with van der Waals surface area (Å²) in [7, 11) is 0. The van der Waals surface area contributed by atoms with Crippen molar-refractivity contribution < 1.29 is 0 Å². The third-order valence-electron chi connectivity index (χ3n) is 2.82. The predicted octanol–water partition coefficient (Wildman–Crippen LogP) is 2.80. The van der Waals surface area contributed by atoms with Gasteiger partial charge in [0, 0.05) is 12.1 Å². The lowest BCUT2D eigenvalue weighted by molar-refractivity contribution is 0.483. The lowest BCUT2D eigenvalue weighted by atomic mass is 10.0. The minimum atomic E-state index is 0.148. The van der Waals surface area contributed by atoms with Gasteiger partial charge in [0.2, 0.25) is 0 Å². The fourth-order valence-electron chi connectivity index (χ4n) is 1.60. The number of nitrogens with two attached hydrogens (primary N) is 2. The summed E-state index contributed by atoms with van der Waals surface area (Å²) in [4.78, 5) is 0. The molecule has 0 amide bonds. The molecule has 0 spiro atoms. The smallest absolute Gasteiger partial charge is 0.0189 e. The predicted molar refractivity (Wildman–Crippen MR) is 64.2 cm³/mol. The summed E-state index contributed by atoms with van der Waals surface area (Å²) in [5.74, 6) is 0. The van der Waals surface area contributed by atoms with Gasteiger partial charge in [-0.15, -0.1) is 0 Å². The first-order valence-corrected chi connectivity index (χ1v) is 6.19. The standard InChI is InChI=1S/C12H28N2/c1-3-4-5-6-7-8-9-10-12(14)11(2)13/h11-12H,3-10,13-14H2,1-2H3. The lowest BCUT2D eigenvalue weighted by Crippen LogP contribution is -2.38. The second-order valence-corrected chi connectivity index (χ2v) is 4.43. The quantitative estimate of drug-likeness (QED) is 0.562. The van der Waals surface area contributed by atoms with Crippen molar-refractivity contribution in [3.8, 4) is 0 Å². The van der Waals surface area contributed by atoms with E-state index < -0.39 is 0 Å². The van der Waals surface area contributed by atoms with Gasteiger partial charge in [-0.3, -0.25) is 0 Å². The number of hydrogen-bond donors (Lipinski definition) is 2. The fourth-order valence-corrected chi connectivity index (χ4v) is 1.60. The number of rotatable bonds is 9. The molecule has 0 aromatic rings. The molecule has 0 saturated carbocycles. The highest BCUT2D eigenvalue weighted by Crippen LogP contribution is 2.09. The van der Waals surface area contributed by atoms with Crippen LogP contribution in [0.4, 0.5) is 0 Å². The number of hydrogen-bond acceptors (Lipinski definition) is 2. The molecule has 0 aliphatic heterocycles. The Hall–Kier alpha value is -0.0800. The van der Waals surface area contributed by atoms with E-state index in [0.717, 1.165) is 6.42 Å². The van der Waals surface area contributed by atoms with Gasteiger partial charge in [-0.2, -0.15) is 0 Å². The van der Waals surface area contributed by atoms with Crippen LogP contribution in [0.2, 0.25) is 0 Å². The molecule has 2 atom stereocenters. The Bertz CT molecular complexity index is 113. The first-order valence-electron chi connectivity index (χ1n) is 6.19. The van der Waals surface area contributed by atoms with E-state index in [-0.39, 0.29) is 12.1 Å². The van der Waals surface area contributed by atoms with Crippen molar-refractivity contribution in [1.82, 2.24) is 0 Å². The SMILES string of the molecule is CCCCCCCCCC(N)C(C)N.